The van der Waals surface area contributed by atoms with E-state index in [9.17, 15) is 4.39 Å². The van der Waals surface area contributed by atoms with Crippen molar-refractivity contribution in [3.63, 3.8) is 0 Å². The van der Waals surface area contributed by atoms with E-state index in [1.807, 2.05) is 19.1 Å². The molecular weight excluding hydrogens is 345 g/mol. The van der Waals surface area contributed by atoms with Crippen LogP contribution >= 0.6 is 27.5 Å². The molecule has 0 amide bonds. The number of anilines is 1. The molecule has 0 aliphatic carbocycles. The third-order valence-corrected chi connectivity index (χ3v) is 3.54. The Kier molecular flexibility index (Phi) is 4.94. The largest absolute Gasteiger partial charge is 0.368 e. The van der Waals surface area contributed by atoms with E-state index in [1.165, 1.54) is 0 Å². The van der Waals surface area contributed by atoms with E-state index in [4.69, 9.17) is 11.6 Å². The highest BCUT2D eigenvalue weighted by molar-refractivity contribution is 9.10. The number of nitrogens with one attached hydrogen (secondary N) is 1. The molecule has 2 aromatic rings. The first-order valence-electron chi connectivity index (χ1n) is 6.26. The molecule has 0 atom stereocenters. The lowest BCUT2D eigenvalue weighted by Gasteiger charge is -2.10. The van der Waals surface area contributed by atoms with Crippen molar-refractivity contribution in [1.82, 2.24) is 9.97 Å². The van der Waals surface area contributed by atoms with Gasteiger partial charge in [0.25, 0.3) is 0 Å². The van der Waals surface area contributed by atoms with Gasteiger partial charge < -0.3 is 5.32 Å². The zero-order valence-electron chi connectivity index (χ0n) is 11.2. The second-order valence-electron chi connectivity index (χ2n) is 4.35. The first-order valence-corrected chi connectivity index (χ1v) is 7.43. The van der Waals surface area contributed by atoms with E-state index in [1.54, 1.807) is 13.0 Å². The van der Waals surface area contributed by atoms with Crippen LogP contribution in [0, 0.1) is 12.7 Å². The molecule has 1 heterocycles. The molecule has 3 nitrogen and oxygen atoms in total. The van der Waals surface area contributed by atoms with Gasteiger partial charge in [0.05, 0.1) is 10.7 Å². The lowest BCUT2D eigenvalue weighted by molar-refractivity contribution is 0.605. The summed E-state index contributed by atoms with van der Waals surface area (Å²) in [6.07, 6.45) is 0.886. The maximum Gasteiger partial charge on any atom is 0.186 e. The summed E-state index contributed by atoms with van der Waals surface area (Å²) in [4.78, 5) is 8.41. The molecule has 0 radical (unpaired) electrons. The molecule has 1 N–H and O–H groups in total. The Morgan fingerprint density at radius 1 is 1.35 bits per heavy atom. The summed E-state index contributed by atoms with van der Waals surface area (Å²) in [5, 5.41) is 3.49. The standard InChI is InChI=1S/C14H14BrClFN3/c1-3-6-18-14-12(17)8(2)19-13(20-14)10-5-4-9(15)7-11(10)16/h4-5,7H,3,6H2,1-2H3,(H,18,19,20). The van der Waals surface area contributed by atoms with Crippen molar-refractivity contribution in [2.75, 3.05) is 11.9 Å². The molecule has 0 saturated heterocycles. The molecule has 0 bridgehead atoms. The van der Waals surface area contributed by atoms with Gasteiger partial charge in [-0.15, -0.1) is 0 Å². The van der Waals surface area contributed by atoms with Crippen molar-refractivity contribution in [2.45, 2.75) is 20.3 Å². The van der Waals surface area contributed by atoms with Crippen LogP contribution in [0.3, 0.4) is 0 Å². The van der Waals surface area contributed by atoms with Crippen molar-refractivity contribution < 1.29 is 4.39 Å². The van der Waals surface area contributed by atoms with Crippen LogP contribution in [-0.4, -0.2) is 16.5 Å². The predicted octanol–water partition coefficient (Wildman–Crippen LogP) is 4.83. The van der Waals surface area contributed by atoms with Crippen molar-refractivity contribution in [2.24, 2.45) is 0 Å². The minimum atomic E-state index is -0.421. The number of halogens is 3. The number of rotatable bonds is 4. The Morgan fingerprint density at radius 3 is 2.75 bits per heavy atom. The second-order valence-corrected chi connectivity index (χ2v) is 5.67. The van der Waals surface area contributed by atoms with Gasteiger partial charge in [-0.3, -0.25) is 0 Å². The highest BCUT2D eigenvalue weighted by atomic mass is 79.9. The van der Waals surface area contributed by atoms with Gasteiger partial charge in [0.2, 0.25) is 0 Å². The van der Waals surface area contributed by atoms with Gasteiger partial charge in [0, 0.05) is 16.6 Å². The molecule has 0 unspecified atom stereocenters. The van der Waals surface area contributed by atoms with Gasteiger partial charge in [0.15, 0.2) is 17.5 Å². The summed E-state index contributed by atoms with van der Waals surface area (Å²) in [7, 11) is 0. The molecule has 0 saturated carbocycles. The van der Waals surface area contributed by atoms with Crippen LogP contribution in [-0.2, 0) is 0 Å². The molecular formula is C14H14BrClFN3. The van der Waals surface area contributed by atoms with Crippen molar-refractivity contribution in [3.05, 3.63) is 39.2 Å². The summed E-state index contributed by atoms with van der Waals surface area (Å²) < 4.78 is 14.8. The number of benzene rings is 1. The van der Waals surface area contributed by atoms with Crippen LogP contribution in [0.25, 0.3) is 11.4 Å². The van der Waals surface area contributed by atoms with E-state index in [2.05, 4.69) is 31.2 Å². The maximum atomic E-state index is 14.0. The Balaban J connectivity index is 2.48. The minimum Gasteiger partial charge on any atom is -0.368 e. The lowest BCUT2D eigenvalue weighted by atomic mass is 10.2. The topological polar surface area (TPSA) is 37.8 Å². The summed E-state index contributed by atoms with van der Waals surface area (Å²) in [6, 6.07) is 5.42. The third-order valence-electron chi connectivity index (χ3n) is 2.73. The van der Waals surface area contributed by atoms with E-state index < -0.39 is 5.82 Å². The molecule has 1 aromatic heterocycles. The van der Waals surface area contributed by atoms with E-state index in [0.29, 0.717) is 28.6 Å². The number of nitrogens with zero attached hydrogens (tertiary/aromatic N) is 2. The van der Waals surface area contributed by atoms with Crippen LogP contribution in [0.2, 0.25) is 5.02 Å². The molecule has 6 heteroatoms. The van der Waals surface area contributed by atoms with Crippen molar-refractivity contribution >= 4 is 33.3 Å². The number of hydrogen-bond acceptors (Lipinski definition) is 3. The average Bonchev–Trinajstić information content (AvgIpc) is 2.40. The van der Waals surface area contributed by atoms with Crippen LogP contribution in [0.1, 0.15) is 19.0 Å². The van der Waals surface area contributed by atoms with Gasteiger partial charge in [-0.2, -0.15) is 0 Å². The van der Waals surface area contributed by atoms with Gasteiger partial charge in [-0.1, -0.05) is 34.5 Å². The summed E-state index contributed by atoms with van der Waals surface area (Å²) in [6.45, 7) is 4.27. The fraction of sp³-hybridized carbons (Fsp3) is 0.286. The summed E-state index contributed by atoms with van der Waals surface area (Å²) in [5.74, 6) is 0.212. The molecule has 0 fully saturated rings. The summed E-state index contributed by atoms with van der Waals surface area (Å²) >= 11 is 9.53. The average molecular weight is 359 g/mol. The van der Waals surface area contributed by atoms with Crippen LogP contribution in [0.4, 0.5) is 10.2 Å². The smallest absolute Gasteiger partial charge is 0.186 e. The first-order chi connectivity index (χ1) is 9.52. The molecule has 20 heavy (non-hydrogen) atoms. The monoisotopic (exact) mass is 357 g/mol. The van der Waals surface area contributed by atoms with Crippen LogP contribution < -0.4 is 5.32 Å². The fourth-order valence-corrected chi connectivity index (χ4v) is 2.47. The fourth-order valence-electron chi connectivity index (χ4n) is 1.71. The zero-order chi connectivity index (χ0) is 14.7. The van der Waals surface area contributed by atoms with E-state index in [0.717, 1.165) is 10.9 Å². The van der Waals surface area contributed by atoms with E-state index >= 15 is 0 Å². The maximum absolute atomic E-state index is 14.0. The number of aryl methyl sites for hydroxylation is 1. The quantitative estimate of drug-likeness (QED) is 0.850. The molecule has 106 valence electrons. The molecule has 2 rings (SSSR count). The Labute approximate surface area is 130 Å². The third kappa shape index (κ3) is 3.27. The zero-order valence-corrected chi connectivity index (χ0v) is 13.5. The van der Waals surface area contributed by atoms with Crippen LogP contribution in [0.5, 0.6) is 0 Å². The Morgan fingerprint density at radius 2 is 2.10 bits per heavy atom. The highest BCUT2D eigenvalue weighted by Crippen LogP contribution is 2.29. The Bertz CT molecular complexity index is 634. The predicted molar refractivity (Wildman–Crippen MR) is 83.7 cm³/mol. The Hall–Kier alpha value is -1.20. The SMILES string of the molecule is CCCNc1nc(-c2ccc(Br)cc2Cl)nc(C)c1F. The minimum absolute atomic E-state index is 0.216. The van der Waals surface area contributed by atoms with Crippen molar-refractivity contribution in [3.8, 4) is 11.4 Å². The van der Waals surface area contributed by atoms with Gasteiger partial charge in [0.1, 0.15) is 0 Å². The molecule has 0 aliphatic rings. The van der Waals surface area contributed by atoms with E-state index in [-0.39, 0.29) is 5.82 Å². The van der Waals surface area contributed by atoms with Gasteiger partial charge in [-0.05, 0) is 31.5 Å². The first kappa shape index (κ1) is 15.2. The second kappa shape index (κ2) is 6.50. The van der Waals surface area contributed by atoms with Crippen LogP contribution in [0.15, 0.2) is 22.7 Å². The number of aromatic nitrogens is 2. The number of hydrogen-bond donors (Lipinski definition) is 1. The normalized spacial score (nSPS) is 10.7. The summed E-state index contributed by atoms with van der Waals surface area (Å²) in [5.41, 5.74) is 0.977. The molecule has 0 spiro atoms. The molecule has 1 aromatic carbocycles. The van der Waals surface area contributed by atoms with Crippen molar-refractivity contribution in [1.29, 1.82) is 0 Å². The molecule has 0 aliphatic heterocycles. The highest BCUT2D eigenvalue weighted by Gasteiger charge is 2.14. The van der Waals surface area contributed by atoms with Gasteiger partial charge >= 0.3 is 0 Å². The van der Waals surface area contributed by atoms with Gasteiger partial charge in [-0.25, -0.2) is 14.4 Å². The lowest BCUT2D eigenvalue weighted by Crippen LogP contribution is -2.08.